The number of hydrogen-bond donors (Lipinski definition) is 2. The number of anilines is 1. The second-order valence-corrected chi connectivity index (χ2v) is 8.86. The molecule has 4 aromatic rings. The van der Waals surface area contributed by atoms with Crippen LogP contribution in [0.15, 0.2) is 24.8 Å². The number of pyridine rings is 1. The zero-order chi connectivity index (χ0) is 25.5. The average molecular weight is 525 g/mol. The summed E-state index contributed by atoms with van der Waals surface area (Å²) in [5.41, 5.74) is 0.135. The molecular weight excluding hydrogens is 509 g/mol. The molecule has 4 rings (SSSR count). The second kappa shape index (κ2) is 9.19. The Hall–Kier alpha value is -3.65. The van der Waals surface area contributed by atoms with Crippen LogP contribution in [-0.2, 0) is 13.2 Å². The highest BCUT2D eigenvalue weighted by molar-refractivity contribution is 7.13. The van der Waals surface area contributed by atoms with Crippen molar-refractivity contribution in [3.8, 4) is 0 Å². The summed E-state index contributed by atoms with van der Waals surface area (Å²) in [5.74, 6) is -1.51. The molecule has 1 unspecified atom stereocenters. The third-order valence-electron chi connectivity index (χ3n) is 4.88. The van der Waals surface area contributed by atoms with E-state index in [1.54, 1.807) is 25.6 Å². The number of nitrogens with zero attached hydrogens (tertiary/aromatic N) is 6. The Morgan fingerprint density at radius 3 is 2.60 bits per heavy atom. The maximum absolute atomic E-state index is 13.0. The molecule has 1 atom stereocenters. The summed E-state index contributed by atoms with van der Waals surface area (Å²) in [6.07, 6.45) is -1.37. The maximum atomic E-state index is 13.0. The summed E-state index contributed by atoms with van der Waals surface area (Å²) in [4.78, 5) is 41.6. The van der Waals surface area contributed by atoms with E-state index in [1.165, 1.54) is 12.5 Å². The summed E-state index contributed by atoms with van der Waals surface area (Å²) in [6.45, 7) is 3.41. The van der Waals surface area contributed by atoms with Crippen LogP contribution >= 0.6 is 22.9 Å². The van der Waals surface area contributed by atoms with E-state index in [4.69, 9.17) is 11.6 Å². The zero-order valence-corrected chi connectivity index (χ0v) is 19.9. The van der Waals surface area contributed by atoms with Gasteiger partial charge in [0.2, 0.25) is 0 Å². The third kappa shape index (κ3) is 4.93. The van der Waals surface area contributed by atoms with Gasteiger partial charge in [0.1, 0.15) is 27.7 Å². The Labute approximate surface area is 204 Å². The minimum Gasteiger partial charge on any atom is -0.342 e. The van der Waals surface area contributed by atoms with E-state index in [-0.39, 0.29) is 16.4 Å². The summed E-state index contributed by atoms with van der Waals surface area (Å²) >= 11 is 6.52. The van der Waals surface area contributed by atoms with Gasteiger partial charge < -0.3 is 10.6 Å². The standard InChI is InChI=1S/C20H16ClF3N8O2S/c1-8-14-15(27-7-28-16(14)32(3)31-8)18(34)29-9(2)19-26-6-12(35-19)17(33)30-13-4-10(20(22,23)24)11(21)5-25-13/h4-7,9H,1-3H3,(H,29,34)(H,25,30,33). The van der Waals surface area contributed by atoms with Crippen molar-refractivity contribution in [1.82, 2.24) is 35.0 Å². The van der Waals surface area contributed by atoms with E-state index in [9.17, 15) is 22.8 Å². The minimum atomic E-state index is -4.70. The Morgan fingerprint density at radius 2 is 1.89 bits per heavy atom. The Morgan fingerprint density at radius 1 is 1.14 bits per heavy atom. The van der Waals surface area contributed by atoms with Crippen molar-refractivity contribution < 1.29 is 22.8 Å². The number of aryl methyl sites for hydroxylation is 2. The van der Waals surface area contributed by atoms with Crippen molar-refractivity contribution in [2.45, 2.75) is 26.1 Å². The van der Waals surface area contributed by atoms with Crippen LogP contribution < -0.4 is 10.6 Å². The van der Waals surface area contributed by atoms with E-state index < -0.39 is 34.6 Å². The minimum absolute atomic E-state index is 0.110. The molecule has 10 nitrogen and oxygen atoms in total. The van der Waals surface area contributed by atoms with E-state index in [0.29, 0.717) is 27.8 Å². The molecule has 0 saturated carbocycles. The molecule has 0 aliphatic heterocycles. The van der Waals surface area contributed by atoms with Crippen LogP contribution in [0.25, 0.3) is 11.0 Å². The van der Waals surface area contributed by atoms with Crippen molar-refractivity contribution in [3.05, 3.63) is 56.6 Å². The lowest BCUT2D eigenvalue weighted by Crippen LogP contribution is -2.27. The predicted molar refractivity (Wildman–Crippen MR) is 121 cm³/mol. The predicted octanol–water partition coefficient (Wildman–Crippen LogP) is 3.94. The fraction of sp³-hybridized carbons (Fsp3) is 0.250. The number of amides is 2. The van der Waals surface area contributed by atoms with E-state index in [0.717, 1.165) is 17.5 Å². The van der Waals surface area contributed by atoms with Gasteiger partial charge in [-0.2, -0.15) is 18.3 Å². The number of halogens is 4. The van der Waals surface area contributed by atoms with Crippen molar-refractivity contribution in [2.75, 3.05) is 5.32 Å². The van der Waals surface area contributed by atoms with Crippen LogP contribution in [-0.4, -0.2) is 41.5 Å². The van der Waals surface area contributed by atoms with Gasteiger partial charge >= 0.3 is 6.18 Å². The summed E-state index contributed by atoms with van der Waals surface area (Å²) < 4.78 is 40.7. The van der Waals surface area contributed by atoms with Gasteiger partial charge in [0.05, 0.1) is 33.9 Å². The first-order valence-electron chi connectivity index (χ1n) is 9.90. The van der Waals surface area contributed by atoms with Gasteiger partial charge in [-0.25, -0.2) is 19.9 Å². The molecule has 0 aromatic carbocycles. The van der Waals surface area contributed by atoms with Crippen LogP contribution in [0.5, 0.6) is 0 Å². The molecule has 0 radical (unpaired) electrons. The molecule has 2 amide bonds. The zero-order valence-electron chi connectivity index (χ0n) is 18.3. The molecule has 4 heterocycles. The largest absolute Gasteiger partial charge is 0.418 e. The van der Waals surface area contributed by atoms with Gasteiger partial charge in [-0.15, -0.1) is 11.3 Å². The van der Waals surface area contributed by atoms with Gasteiger partial charge in [-0.1, -0.05) is 11.6 Å². The number of carbonyl (C=O) groups excluding carboxylic acids is 2. The van der Waals surface area contributed by atoms with E-state index in [1.807, 2.05) is 0 Å². The molecule has 35 heavy (non-hydrogen) atoms. The SMILES string of the molecule is Cc1nn(C)c2ncnc(C(=O)NC(C)c3ncc(C(=O)Nc4cc(C(F)(F)F)c(Cl)cn4)s3)c12. The van der Waals surface area contributed by atoms with Gasteiger partial charge in [-0.05, 0) is 19.9 Å². The van der Waals surface area contributed by atoms with Gasteiger partial charge in [0, 0.05) is 13.2 Å². The molecule has 0 saturated heterocycles. The molecule has 0 fully saturated rings. The quantitative estimate of drug-likeness (QED) is 0.405. The molecule has 0 spiro atoms. The molecular formula is C20H16ClF3N8O2S. The Bertz CT molecular complexity index is 1450. The molecule has 182 valence electrons. The number of rotatable bonds is 5. The number of alkyl halides is 3. The molecule has 0 aliphatic rings. The summed E-state index contributed by atoms with van der Waals surface area (Å²) in [6, 6.07) is 0.0509. The first kappa shape index (κ1) is 24.5. The van der Waals surface area contributed by atoms with Crippen LogP contribution in [0.3, 0.4) is 0 Å². The number of nitrogens with one attached hydrogen (secondary N) is 2. The lowest BCUT2D eigenvalue weighted by molar-refractivity contribution is -0.137. The number of fused-ring (bicyclic) bond motifs is 1. The fourth-order valence-electron chi connectivity index (χ4n) is 3.27. The molecule has 0 aliphatic carbocycles. The summed E-state index contributed by atoms with van der Waals surface area (Å²) in [5, 5.41) is 9.66. The van der Waals surface area contributed by atoms with Gasteiger partial charge in [-0.3, -0.25) is 14.3 Å². The van der Waals surface area contributed by atoms with Crippen LogP contribution in [0.2, 0.25) is 5.02 Å². The number of carbonyl (C=O) groups is 2. The van der Waals surface area contributed by atoms with Crippen molar-refractivity contribution in [3.63, 3.8) is 0 Å². The Balaban J connectivity index is 1.48. The van der Waals surface area contributed by atoms with Crippen molar-refractivity contribution in [1.29, 1.82) is 0 Å². The van der Waals surface area contributed by atoms with E-state index >= 15 is 0 Å². The lowest BCUT2D eigenvalue weighted by atomic mass is 10.2. The fourth-order valence-corrected chi connectivity index (χ4v) is 4.30. The Kier molecular flexibility index (Phi) is 6.42. The van der Waals surface area contributed by atoms with Gasteiger partial charge in [0.15, 0.2) is 5.65 Å². The first-order valence-corrected chi connectivity index (χ1v) is 11.1. The molecule has 2 N–H and O–H groups in total. The third-order valence-corrected chi connectivity index (χ3v) is 6.36. The molecule has 0 bridgehead atoms. The topological polar surface area (TPSA) is 128 Å². The first-order chi connectivity index (χ1) is 16.5. The van der Waals surface area contributed by atoms with Crippen LogP contribution in [0.1, 0.15) is 49.4 Å². The second-order valence-electron chi connectivity index (χ2n) is 7.39. The molecule has 4 aromatic heterocycles. The summed E-state index contributed by atoms with van der Waals surface area (Å²) in [7, 11) is 1.71. The highest BCUT2D eigenvalue weighted by Crippen LogP contribution is 2.35. The normalized spacial score (nSPS) is 12.5. The van der Waals surface area contributed by atoms with E-state index in [2.05, 4.69) is 35.7 Å². The highest BCUT2D eigenvalue weighted by atomic mass is 35.5. The smallest absolute Gasteiger partial charge is 0.342 e. The number of aromatic nitrogens is 6. The average Bonchev–Trinajstić information content (AvgIpc) is 3.39. The van der Waals surface area contributed by atoms with Crippen LogP contribution in [0.4, 0.5) is 19.0 Å². The maximum Gasteiger partial charge on any atom is 0.418 e. The van der Waals surface area contributed by atoms with Gasteiger partial charge in [0.25, 0.3) is 11.8 Å². The van der Waals surface area contributed by atoms with Crippen LogP contribution in [0, 0.1) is 6.92 Å². The van der Waals surface area contributed by atoms with Crippen molar-refractivity contribution in [2.24, 2.45) is 7.05 Å². The highest BCUT2D eigenvalue weighted by Gasteiger charge is 2.34. The van der Waals surface area contributed by atoms with Crippen molar-refractivity contribution >= 4 is 51.6 Å². The molecule has 15 heteroatoms. The number of thiazole rings is 1. The number of hydrogen-bond acceptors (Lipinski definition) is 8. The lowest BCUT2D eigenvalue weighted by Gasteiger charge is -2.11. The monoisotopic (exact) mass is 524 g/mol.